The maximum atomic E-state index is 12.6. The molecule has 3 rings (SSSR count). The summed E-state index contributed by atoms with van der Waals surface area (Å²) in [6.07, 6.45) is 1.05. The fraction of sp³-hybridized carbons (Fsp3) is 0.286. The number of amides is 1. The lowest BCUT2D eigenvalue weighted by molar-refractivity contribution is -0.137. The Labute approximate surface area is 167 Å². The Morgan fingerprint density at radius 2 is 2.04 bits per heavy atom. The Morgan fingerprint density at radius 3 is 2.71 bits per heavy atom. The zero-order valence-corrected chi connectivity index (χ0v) is 16.4. The zero-order chi connectivity index (χ0) is 19.9. The molecule has 7 heteroatoms. The van der Waals surface area contributed by atoms with E-state index in [2.05, 4.69) is 10.3 Å². The number of carbonyl (C=O) groups excluding carboxylic acids is 1. The van der Waals surface area contributed by atoms with E-state index in [4.69, 9.17) is 9.52 Å². The molecule has 146 valence electrons. The number of thiophene rings is 1. The van der Waals surface area contributed by atoms with E-state index in [1.165, 1.54) is 0 Å². The van der Waals surface area contributed by atoms with Gasteiger partial charge < -0.3 is 14.8 Å². The minimum absolute atomic E-state index is 0.00305. The van der Waals surface area contributed by atoms with Crippen molar-refractivity contribution in [3.05, 3.63) is 64.2 Å². The standard InChI is InChI=1S/C21H22N2O4S/c1-14-18(23-21(27-14)16-9-10-28-13-16)12-19(24)22-17(7-8-20(25)26)11-15-5-3-2-4-6-15/h2-6,9-10,13,17H,7-8,11-12H2,1H3,(H,22,24)(H,25,26). The van der Waals surface area contributed by atoms with Crippen LogP contribution in [0.15, 0.2) is 51.6 Å². The Bertz CT molecular complexity index is 919. The van der Waals surface area contributed by atoms with E-state index in [0.717, 1.165) is 11.1 Å². The quantitative estimate of drug-likeness (QED) is 0.571. The number of carboxylic acids is 1. The second-order valence-corrected chi connectivity index (χ2v) is 7.38. The molecule has 2 aromatic heterocycles. The number of aryl methyl sites for hydroxylation is 1. The predicted octanol–water partition coefficient (Wildman–Crippen LogP) is 3.85. The van der Waals surface area contributed by atoms with Crippen molar-refractivity contribution in [2.45, 2.75) is 38.6 Å². The second kappa shape index (κ2) is 9.32. The summed E-state index contributed by atoms with van der Waals surface area (Å²) in [7, 11) is 0. The molecule has 1 aromatic carbocycles. The van der Waals surface area contributed by atoms with Gasteiger partial charge in [0.05, 0.1) is 12.1 Å². The molecule has 1 unspecified atom stereocenters. The summed E-state index contributed by atoms with van der Waals surface area (Å²) in [6.45, 7) is 1.79. The van der Waals surface area contributed by atoms with Gasteiger partial charge in [-0.05, 0) is 36.8 Å². The number of nitrogens with zero attached hydrogens (tertiary/aromatic N) is 1. The molecule has 6 nitrogen and oxygen atoms in total. The van der Waals surface area contributed by atoms with Crippen LogP contribution in [0.3, 0.4) is 0 Å². The number of oxazole rings is 1. The average Bonchev–Trinajstić information content (AvgIpc) is 3.31. The van der Waals surface area contributed by atoms with E-state index < -0.39 is 5.97 Å². The van der Waals surface area contributed by atoms with Crippen LogP contribution in [0, 0.1) is 6.92 Å². The highest BCUT2D eigenvalue weighted by atomic mass is 32.1. The van der Waals surface area contributed by atoms with Crippen LogP contribution in [-0.4, -0.2) is 28.0 Å². The third kappa shape index (κ3) is 5.53. The molecule has 0 aliphatic rings. The number of carboxylic acid groups (broad SMARTS) is 1. The van der Waals surface area contributed by atoms with Gasteiger partial charge in [-0.2, -0.15) is 11.3 Å². The predicted molar refractivity (Wildman–Crippen MR) is 107 cm³/mol. The molecule has 0 radical (unpaired) electrons. The number of aromatic nitrogens is 1. The SMILES string of the molecule is Cc1oc(-c2ccsc2)nc1CC(=O)NC(CCC(=O)O)Cc1ccccc1. The van der Waals surface area contributed by atoms with Crippen LogP contribution >= 0.6 is 11.3 Å². The van der Waals surface area contributed by atoms with Crippen LogP contribution < -0.4 is 5.32 Å². The summed E-state index contributed by atoms with van der Waals surface area (Å²) < 4.78 is 5.68. The van der Waals surface area contributed by atoms with Gasteiger partial charge in [0, 0.05) is 23.4 Å². The van der Waals surface area contributed by atoms with E-state index in [9.17, 15) is 9.59 Å². The molecule has 28 heavy (non-hydrogen) atoms. The summed E-state index contributed by atoms with van der Waals surface area (Å²) in [5, 5.41) is 15.8. The third-order valence-corrected chi connectivity index (χ3v) is 5.07. The van der Waals surface area contributed by atoms with E-state index >= 15 is 0 Å². The Balaban J connectivity index is 1.65. The Morgan fingerprint density at radius 1 is 1.25 bits per heavy atom. The number of aliphatic carboxylic acids is 1. The molecule has 0 aliphatic carbocycles. The zero-order valence-electron chi connectivity index (χ0n) is 15.6. The van der Waals surface area contributed by atoms with Crippen LogP contribution in [0.4, 0.5) is 0 Å². The van der Waals surface area contributed by atoms with Crippen molar-refractivity contribution in [1.82, 2.24) is 10.3 Å². The summed E-state index contributed by atoms with van der Waals surface area (Å²) in [6, 6.07) is 11.4. The van der Waals surface area contributed by atoms with Gasteiger partial charge in [0.1, 0.15) is 5.76 Å². The van der Waals surface area contributed by atoms with Crippen molar-refractivity contribution in [3.63, 3.8) is 0 Å². The fourth-order valence-corrected chi connectivity index (χ4v) is 3.58. The van der Waals surface area contributed by atoms with Gasteiger partial charge in [-0.15, -0.1) is 0 Å². The molecule has 1 amide bonds. The highest BCUT2D eigenvalue weighted by Crippen LogP contribution is 2.24. The van der Waals surface area contributed by atoms with Gasteiger partial charge in [0.15, 0.2) is 0 Å². The van der Waals surface area contributed by atoms with Crippen LogP contribution in [-0.2, 0) is 22.4 Å². The number of nitrogens with one attached hydrogen (secondary N) is 1. The monoisotopic (exact) mass is 398 g/mol. The van der Waals surface area contributed by atoms with Crippen molar-refractivity contribution in [2.24, 2.45) is 0 Å². The average molecular weight is 398 g/mol. The van der Waals surface area contributed by atoms with Gasteiger partial charge in [-0.3, -0.25) is 9.59 Å². The molecule has 0 saturated heterocycles. The Hall–Kier alpha value is -2.93. The van der Waals surface area contributed by atoms with Gasteiger partial charge in [0.25, 0.3) is 0 Å². The van der Waals surface area contributed by atoms with Crippen molar-refractivity contribution >= 4 is 23.2 Å². The minimum Gasteiger partial charge on any atom is -0.481 e. The minimum atomic E-state index is -0.875. The number of hydrogen-bond donors (Lipinski definition) is 2. The van der Waals surface area contributed by atoms with Crippen molar-refractivity contribution < 1.29 is 19.1 Å². The van der Waals surface area contributed by atoms with Crippen LogP contribution in [0.1, 0.15) is 29.9 Å². The molecular formula is C21H22N2O4S. The summed E-state index contributed by atoms with van der Waals surface area (Å²) in [4.78, 5) is 28.0. The lowest BCUT2D eigenvalue weighted by Gasteiger charge is -2.18. The number of carbonyl (C=O) groups is 2. The van der Waals surface area contributed by atoms with Gasteiger partial charge in [0.2, 0.25) is 11.8 Å². The maximum Gasteiger partial charge on any atom is 0.303 e. The molecule has 0 spiro atoms. The first-order valence-electron chi connectivity index (χ1n) is 9.05. The molecule has 0 aliphatic heterocycles. The lowest BCUT2D eigenvalue weighted by atomic mass is 10.0. The fourth-order valence-electron chi connectivity index (χ4n) is 2.95. The van der Waals surface area contributed by atoms with Crippen molar-refractivity contribution in [2.75, 3.05) is 0 Å². The van der Waals surface area contributed by atoms with Crippen LogP contribution in [0.5, 0.6) is 0 Å². The van der Waals surface area contributed by atoms with Crippen molar-refractivity contribution in [1.29, 1.82) is 0 Å². The largest absolute Gasteiger partial charge is 0.481 e. The molecule has 0 fully saturated rings. The molecule has 2 N–H and O–H groups in total. The molecule has 0 bridgehead atoms. The third-order valence-electron chi connectivity index (χ3n) is 4.39. The van der Waals surface area contributed by atoms with E-state index in [1.807, 2.05) is 47.2 Å². The molecule has 3 aromatic rings. The number of hydrogen-bond acceptors (Lipinski definition) is 5. The highest BCUT2D eigenvalue weighted by molar-refractivity contribution is 7.08. The normalized spacial score (nSPS) is 11.9. The first-order valence-corrected chi connectivity index (χ1v) is 9.99. The second-order valence-electron chi connectivity index (χ2n) is 6.60. The molecule has 0 saturated carbocycles. The summed E-state index contributed by atoms with van der Waals surface area (Å²) in [5.74, 6) is 0.0504. The van der Waals surface area contributed by atoms with Crippen LogP contribution in [0.25, 0.3) is 11.5 Å². The van der Waals surface area contributed by atoms with E-state index in [0.29, 0.717) is 30.2 Å². The smallest absolute Gasteiger partial charge is 0.303 e. The number of benzene rings is 1. The summed E-state index contributed by atoms with van der Waals surface area (Å²) in [5.41, 5.74) is 2.54. The van der Waals surface area contributed by atoms with Gasteiger partial charge in [-0.1, -0.05) is 30.3 Å². The van der Waals surface area contributed by atoms with E-state index in [1.54, 1.807) is 18.3 Å². The van der Waals surface area contributed by atoms with Crippen LogP contribution in [0.2, 0.25) is 0 Å². The van der Waals surface area contributed by atoms with Crippen molar-refractivity contribution in [3.8, 4) is 11.5 Å². The number of rotatable bonds is 9. The Kier molecular flexibility index (Phi) is 6.60. The first kappa shape index (κ1) is 19.8. The lowest BCUT2D eigenvalue weighted by Crippen LogP contribution is -2.38. The van der Waals surface area contributed by atoms with Gasteiger partial charge >= 0.3 is 5.97 Å². The first-order chi connectivity index (χ1) is 13.5. The van der Waals surface area contributed by atoms with Gasteiger partial charge in [-0.25, -0.2) is 4.98 Å². The maximum absolute atomic E-state index is 12.6. The van der Waals surface area contributed by atoms with E-state index in [-0.39, 0.29) is 24.8 Å². The highest BCUT2D eigenvalue weighted by Gasteiger charge is 2.18. The summed E-state index contributed by atoms with van der Waals surface area (Å²) >= 11 is 1.55. The molecule has 2 heterocycles. The topological polar surface area (TPSA) is 92.4 Å². The molecular weight excluding hydrogens is 376 g/mol. The molecule has 1 atom stereocenters.